The third kappa shape index (κ3) is 2.31. The summed E-state index contributed by atoms with van der Waals surface area (Å²) in [5, 5.41) is 3.71. The quantitative estimate of drug-likeness (QED) is 0.848. The van der Waals surface area contributed by atoms with Gasteiger partial charge in [0.05, 0.1) is 0 Å². The van der Waals surface area contributed by atoms with Gasteiger partial charge < -0.3 is 0 Å². The van der Waals surface area contributed by atoms with Gasteiger partial charge in [0, 0.05) is 0 Å². The monoisotopic (exact) mass is 327 g/mol. The van der Waals surface area contributed by atoms with E-state index in [4.69, 9.17) is 0 Å². The first kappa shape index (κ1) is 12.5. The number of fused-ring (bicyclic) bond motifs is 1. The molecule has 1 aromatic carbocycles. The van der Waals surface area contributed by atoms with Gasteiger partial charge in [-0.1, -0.05) is 0 Å². The standard InChI is InChI=1S/C13H17N3SSe/c1-13(2)6-7-17-8-11(13)14-9-4-3-5-10-12(9)16-18-15-10/h3-5,11,14H,6-8H2,1-2H3. The number of nitrogens with one attached hydrogen (secondary N) is 1. The fraction of sp³-hybridized carbons (Fsp3) is 0.538. The molecule has 5 heteroatoms. The first-order valence-corrected chi connectivity index (χ1v) is 8.91. The molecule has 3 nitrogen and oxygen atoms in total. The molecule has 3 rings (SSSR count). The average Bonchev–Trinajstić information content (AvgIpc) is 2.81. The zero-order valence-corrected chi connectivity index (χ0v) is 13.2. The van der Waals surface area contributed by atoms with E-state index >= 15 is 0 Å². The Labute approximate surface area is 118 Å². The van der Waals surface area contributed by atoms with E-state index in [-0.39, 0.29) is 14.6 Å². The summed E-state index contributed by atoms with van der Waals surface area (Å²) in [6.07, 6.45) is 1.27. The van der Waals surface area contributed by atoms with Gasteiger partial charge in [0.1, 0.15) is 0 Å². The third-order valence-electron chi connectivity index (χ3n) is 3.73. The van der Waals surface area contributed by atoms with Crippen molar-refractivity contribution in [2.24, 2.45) is 13.3 Å². The Hall–Kier alpha value is -0.511. The molecule has 1 saturated heterocycles. The number of thioether (sulfide) groups is 1. The van der Waals surface area contributed by atoms with Gasteiger partial charge in [0.15, 0.2) is 0 Å². The molecule has 2 heterocycles. The minimum absolute atomic E-state index is 0.0525. The van der Waals surface area contributed by atoms with Crippen LogP contribution >= 0.6 is 11.8 Å². The summed E-state index contributed by atoms with van der Waals surface area (Å²) < 4.78 is 8.98. The van der Waals surface area contributed by atoms with Crippen molar-refractivity contribution >= 4 is 43.4 Å². The third-order valence-corrected chi connectivity index (χ3v) is 5.93. The molecule has 2 aliphatic heterocycles. The second-order valence-electron chi connectivity index (χ2n) is 5.45. The molecule has 0 aliphatic carbocycles. The van der Waals surface area contributed by atoms with E-state index in [9.17, 15) is 0 Å². The summed E-state index contributed by atoms with van der Waals surface area (Å²) in [6, 6.07) is 6.78. The molecule has 0 saturated carbocycles. The second-order valence-corrected chi connectivity index (χ2v) is 7.71. The van der Waals surface area contributed by atoms with E-state index in [0.717, 1.165) is 17.1 Å². The Bertz CT molecular complexity index is 535. The van der Waals surface area contributed by atoms with Crippen molar-refractivity contribution < 1.29 is 0 Å². The summed E-state index contributed by atoms with van der Waals surface area (Å²) in [4.78, 5) is 0. The second kappa shape index (κ2) is 4.87. The van der Waals surface area contributed by atoms with Gasteiger partial charge in [-0.05, 0) is 0 Å². The molecule has 1 N–H and O–H groups in total. The Kier molecular flexibility index (Phi) is 3.39. The van der Waals surface area contributed by atoms with Gasteiger partial charge in [-0.25, -0.2) is 0 Å². The first-order valence-electron chi connectivity index (χ1n) is 6.22. The van der Waals surface area contributed by atoms with Gasteiger partial charge in [0.25, 0.3) is 0 Å². The van der Waals surface area contributed by atoms with Crippen molar-refractivity contribution in [2.45, 2.75) is 26.3 Å². The summed E-state index contributed by atoms with van der Waals surface area (Å²) in [6.45, 7) is 4.72. The molecule has 2 aliphatic rings. The molecule has 1 aromatic rings. The average molecular weight is 326 g/mol. The normalized spacial score (nSPS) is 24.4. The van der Waals surface area contributed by atoms with Gasteiger partial charge in [-0.2, -0.15) is 0 Å². The van der Waals surface area contributed by atoms with Crippen molar-refractivity contribution in [1.29, 1.82) is 0 Å². The number of nitrogens with zero attached hydrogens (tertiary/aromatic N) is 2. The number of hydrogen-bond acceptors (Lipinski definition) is 4. The van der Waals surface area contributed by atoms with Crippen LogP contribution in [0.3, 0.4) is 0 Å². The fourth-order valence-corrected chi connectivity index (χ4v) is 5.04. The van der Waals surface area contributed by atoms with Crippen LogP contribution in [-0.2, 0) is 0 Å². The van der Waals surface area contributed by atoms with Crippen LogP contribution in [0.1, 0.15) is 20.3 Å². The maximum absolute atomic E-state index is 4.54. The van der Waals surface area contributed by atoms with Crippen LogP contribution in [0.5, 0.6) is 0 Å². The molecule has 1 unspecified atom stereocenters. The zero-order valence-electron chi connectivity index (χ0n) is 10.6. The molecule has 0 amide bonds. The molecular formula is C13H17N3SSe. The summed E-state index contributed by atoms with van der Waals surface area (Å²) in [5.74, 6) is 2.46. The number of benzene rings is 1. The van der Waals surface area contributed by atoms with E-state index in [2.05, 4.69) is 45.3 Å². The van der Waals surface area contributed by atoms with Gasteiger partial charge in [-0.15, -0.1) is 0 Å². The SMILES string of the molecule is CC1(C)CCSCC1Nc1cccc2c1N=[Se]=N2. The van der Waals surface area contributed by atoms with Gasteiger partial charge in [-0.3, -0.25) is 0 Å². The summed E-state index contributed by atoms with van der Waals surface area (Å²) in [5.41, 5.74) is 3.65. The van der Waals surface area contributed by atoms with Crippen molar-refractivity contribution in [3.8, 4) is 0 Å². The van der Waals surface area contributed by atoms with E-state index < -0.39 is 0 Å². The van der Waals surface area contributed by atoms with Crippen LogP contribution in [-0.4, -0.2) is 32.1 Å². The molecule has 1 fully saturated rings. The molecular weight excluding hydrogens is 309 g/mol. The van der Waals surface area contributed by atoms with E-state index in [0.29, 0.717) is 11.5 Å². The molecule has 0 bridgehead atoms. The van der Waals surface area contributed by atoms with Crippen molar-refractivity contribution in [3.05, 3.63) is 18.2 Å². The topological polar surface area (TPSA) is 36.8 Å². The first-order chi connectivity index (χ1) is 8.67. The van der Waals surface area contributed by atoms with E-state index in [1.54, 1.807) is 0 Å². The predicted octanol–water partition coefficient (Wildman–Crippen LogP) is 3.98. The fourth-order valence-electron chi connectivity index (χ4n) is 2.28. The van der Waals surface area contributed by atoms with Crippen molar-refractivity contribution in [2.75, 3.05) is 16.8 Å². The zero-order chi connectivity index (χ0) is 12.6. The number of anilines is 1. The van der Waals surface area contributed by atoms with Crippen LogP contribution in [0.4, 0.5) is 17.1 Å². The maximum atomic E-state index is 4.54. The van der Waals surface area contributed by atoms with Crippen LogP contribution in [0, 0.1) is 5.41 Å². The Morgan fingerprint density at radius 2 is 2.28 bits per heavy atom. The molecule has 96 valence electrons. The van der Waals surface area contributed by atoms with Crippen LogP contribution < -0.4 is 5.32 Å². The van der Waals surface area contributed by atoms with Crippen molar-refractivity contribution in [1.82, 2.24) is 0 Å². The predicted molar refractivity (Wildman–Crippen MR) is 79.5 cm³/mol. The van der Waals surface area contributed by atoms with Crippen LogP contribution in [0.2, 0.25) is 0 Å². The summed E-state index contributed by atoms with van der Waals surface area (Å²) in [7, 11) is 0. The Morgan fingerprint density at radius 1 is 1.39 bits per heavy atom. The van der Waals surface area contributed by atoms with E-state index in [1.807, 2.05) is 11.8 Å². The summed E-state index contributed by atoms with van der Waals surface area (Å²) >= 11 is 2.10. The van der Waals surface area contributed by atoms with Crippen molar-refractivity contribution in [3.63, 3.8) is 0 Å². The van der Waals surface area contributed by atoms with Gasteiger partial charge >= 0.3 is 118 Å². The number of hydrogen-bond donors (Lipinski definition) is 1. The molecule has 1 atom stereocenters. The molecule has 0 aromatic heterocycles. The molecule has 0 radical (unpaired) electrons. The number of rotatable bonds is 2. The Morgan fingerprint density at radius 3 is 3.11 bits per heavy atom. The molecule has 0 spiro atoms. The molecule has 18 heavy (non-hydrogen) atoms. The van der Waals surface area contributed by atoms with Crippen LogP contribution in [0.25, 0.3) is 0 Å². The van der Waals surface area contributed by atoms with E-state index in [1.165, 1.54) is 17.9 Å². The van der Waals surface area contributed by atoms with Gasteiger partial charge in [0.2, 0.25) is 0 Å². The van der Waals surface area contributed by atoms with Crippen LogP contribution in [0.15, 0.2) is 26.1 Å². The Balaban J connectivity index is 1.85. The minimum atomic E-state index is 0.0525.